The molecule has 1 heterocycles. The summed E-state index contributed by atoms with van der Waals surface area (Å²) in [5.74, 6) is 1.78. The summed E-state index contributed by atoms with van der Waals surface area (Å²) in [6, 6.07) is 14.1. The molecule has 3 rings (SSSR count). The third-order valence-electron chi connectivity index (χ3n) is 3.32. The number of halogens is 1. The van der Waals surface area contributed by atoms with Crippen LogP contribution in [-0.4, -0.2) is 9.55 Å². The van der Waals surface area contributed by atoms with Crippen LogP contribution in [0.2, 0.25) is 0 Å². The number of imidazole rings is 1. The second-order valence-electron chi connectivity index (χ2n) is 4.82. The van der Waals surface area contributed by atoms with Gasteiger partial charge in [-0.3, -0.25) is 0 Å². The average molecular weight is 331 g/mol. The van der Waals surface area contributed by atoms with E-state index in [0.717, 1.165) is 27.1 Å². The van der Waals surface area contributed by atoms with Crippen molar-refractivity contribution in [3.8, 4) is 5.75 Å². The molecule has 4 heteroatoms. The summed E-state index contributed by atoms with van der Waals surface area (Å²) in [5.41, 5.74) is 3.31. The van der Waals surface area contributed by atoms with Gasteiger partial charge in [-0.05, 0) is 37.3 Å². The Bertz CT molecular complexity index is 747. The van der Waals surface area contributed by atoms with Crippen molar-refractivity contribution in [3.05, 3.63) is 58.3 Å². The Hall–Kier alpha value is -1.81. The van der Waals surface area contributed by atoms with E-state index < -0.39 is 0 Å². The third-order valence-corrected chi connectivity index (χ3v) is 3.82. The molecule has 0 radical (unpaired) electrons. The van der Waals surface area contributed by atoms with Crippen molar-refractivity contribution in [1.29, 1.82) is 0 Å². The van der Waals surface area contributed by atoms with Crippen LogP contribution in [0.15, 0.2) is 46.9 Å². The molecular weight excluding hydrogens is 316 g/mol. The van der Waals surface area contributed by atoms with Crippen LogP contribution in [0, 0.1) is 6.92 Å². The maximum Gasteiger partial charge on any atom is 0.147 e. The molecule has 0 aliphatic rings. The zero-order valence-electron chi connectivity index (χ0n) is 11.4. The maximum absolute atomic E-state index is 5.79. The van der Waals surface area contributed by atoms with Gasteiger partial charge in [-0.1, -0.05) is 33.6 Å². The second-order valence-corrected chi connectivity index (χ2v) is 5.74. The molecule has 0 aliphatic carbocycles. The Kier molecular flexibility index (Phi) is 3.49. The van der Waals surface area contributed by atoms with Gasteiger partial charge >= 0.3 is 0 Å². The highest BCUT2D eigenvalue weighted by Crippen LogP contribution is 2.21. The van der Waals surface area contributed by atoms with Crippen LogP contribution in [0.25, 0.3) is 11.0 Å². The molecule has 2 aromatic carbocycles. The number of fused-ring (bicyclic) bond motifs is 1. The van der Waals surface area contributed by atoms with E-state index in [4.69, 9.17) is 4.74 Å². The monoisotopic (exact) mass is 330 g/mol. The first kappa shape index (κ1) is 13.2. The predicted octanol–water partition coefficient (Wildman–Crippen LogP) is 4.22. The van der Waals surface area contributed by atoms with Crippen LogP contribution < -0.4 is 4.74 Å². The molecule has 0 fully saturated rings. The van der Waals surface area contributed by atoms with Gasteiger partial charge in [0.25, 0.3) is 0 Å². The lowest BCUT2D eigenvalue weighted by Gasteiger charge is -2.06. The Morgan fingerprint density at radius 2 is 1.90 bits per heavy atom. The fraction of sp³-hybridized carbons (Fsp3) is 0.188. The van der Waals surface area contributed by atoms with E-state index in [-0.39, 0.29) is 0 Å². The van der Waals surface area contributed by atoms with Gasteiger partial charge in [-0.2, -0.15) is 0 Å². The van der Waals surface area contributed by atoms with E-state index in [1.807, 2.05) is 43.4 Å². The summed E-state index contributed by atoms with van der Waals surface area (Å²) < 4.78 is 8.89. The van der Waals surface area contributed by atoms with E-state index in [9.17, 15) is 0 Å². The van der Waals surface area contributed by atoms with Crippen molar-refractivity contribution in [2.45, 2.75) is 13.5 Å². The fourth-order valence-corrected chi connectivity index (χ4v) is 2.48. The minimum Gasteiger partial charge on any atom is -0.486 e. The second kappa shape index (κ2) is 5.29. The highest BCUT2D eigenvalue weighted by Gasteiger charge is 2.08. The van der Waals surface area contributed by atoms with Gasteiger partial charge in [0, 0.05) is 11.5 Å². The Balaban J connectivity index is 1.84. The smallest absolute Gasteiger partial charge is 0.147 e. The first-order chi connectivity index (χ1) is 9.63. The van der Waals surface area contributed by atoms with Crippen molar-refractivity contribution in [2.75, 3.05) is 0 Å². The minimum atomic E-state index is 0.464. The summed E-state index contributed by atoms with van der Waals surface area (Å²) in [6.45, 7) is 2.53. The molecule has 0 N–H and O–H groups in total. The number of hydrogen-bond donors (Lipinski definition) is 0. The summed E-state index contributed by atoms with van der Waals surface area (Å²) in [7, 11) is 2.01. The van der Waals surface area contributed by atoms with Crippen molar-refractivity contribution in [2.24, 2.45) is 7.05 Å². The Morgan fingerprint density at radius 3 is 2.65 bits per heavy atom. The highest BCUT2D eigenvalue weighted by atomic mass is 79.9. The maximum atomic E-state index is 5.79. The SMILES string of the molecule is Cc1ccc(OCc2nc3cc(Br)ccc3n2C)cc1. The summed E-state index contributed by atoms with van der Waals surface area (Å²) in [4.78, 5) is 4.61. The number of ether oxygens (including phenoxy) is 1. The number of nitrogens with zero attached hydrogens (tertiary/aromatic N) is 2. The number of aryl methyl sites for hydroxylation is 2. The summed E-state index contributed by atoms with van der Waals surface area (Å²) >= 11 is 3.47. The van der Waals surface area contributed by atoms with Crippen LogP contribution in [0.1, 0.15) is 11.4 Å². The van der Waals surface area contributed by atoms with Gasteiger partial charge in [0.05, 0.1) is 11.0 Å². The zero-order valence-corrected chi connectivity index (χ0v) is 13.0. The van der Waals surface area contributed by atoms with Crippen LogP contribution in [-0.2, 0) is 13.7 Å². The zero-order chi connectivity index (χ0) is 14.1. The van der Waals surface area contributed by atoms with E-state index in [1.54, 1.807) is 0 Å². The lowest BCUT2D eigenvalue weighted by atomic mass is 10.2. The number of aromatic nitrogens is 2. The topological polar surface area (TPSA) is 27.1 Å². The Morgan fingerprint density at radius 1 is 1.15 bits per heavy atom. The molecule has 0 unspecified atom stereocenters. The number of rotatable bonds is 3. The van der Waals surface area contributed by atoms with Gasteiger partial charge in [0.2, 0.25) is 0 Å². The van der Waals surface area contributed by atoms with Crippen LogP contribution in [0.5, 0.6) is 5.75 Å². The van der Waals surface area contributed by atoms with Gasteiger partial charge in [0.1, 0.15) is 18.2 Å². The molecule has 3 nitrogen and oxygen atoms in total. The number of benzene rings is 2. The molecule has 1 aromatic heterocycles. The van der Waals surface area contributed by atoms with Crippen molar-refractivity contribution in [1.82, 2.24) is 9.55 Å². The minimum absolute atomic E-state index is 0.464. The van der Waals surface area contributed by atoms with Crippen molar-refractivity contribution in [3.63, 3.8) is 0 Å². The molecule has 0 saturated heterocycles. The molecule has 3 aromatic rings. The normalized spacial score (nSPS) is 10.9. The van der Waals surface area contributed by atoms with Gasteiger partial charge in [0.15, 0.2) is 0 Å². The van der Waals surface area contributed by atoms with Crippen molar-refractivity contribution >= 4 is 27.0 Å². The molecule has 0 bridgehead atoms. The molecular formula is C16H15BrN2O. The van der Waals surface area contributed by atoms with E-state index in [0.29, 0.717) is 6.61 Å². The Labute approximate surface area is 126 Å². The van der Waals surface area contributed by atoms with E-state index in [2.05, 4.69) is 38.5 Å². The molecule has 0 saturated carbocycles. The van der Waals surface area contributed by atoms with Gasteiger partial charge in [-0.15, -0.1) is 0 Å². The third kappa shape index (κ3) is 2.56. The molecule has 102 valence electrons. The molecule has 0 atom stereocenters. The molecule has 0 amide bonds. The lowest BCUT2D eigenvalue weighted by Crippen LogP contribution is -2.03. The van der Waals surface area contributed by atoms with Crippen LogP contribution >= 0.6 is 15.9 Å². The van der Waals surface area contributed by atoms with Crippen LogP contribution in [0.3, 0.4) is 0 Å². The quantitative estimate of drug-likeness (QED) is 0.718. The van der Waals surface area contributed by atoms with E-state index in [1.165, 1.54) is 5.56 Å². The highest BCUT2D eigenvalue weighted by molar-refractivity contribution is 9.10. The fourth-order valence-electron chi connectivity index (χ4n) is 2.13. The first-order valence-corrected chi connectivity index (χ1v) is 7.23. The first-order valence-electron chi connectivity index (χ1n) is 6.44. The lowest BCUT2D eigenvalue weighted by molar-refractivity contribution is 0.292. The van der Waals surface area contributed by atoms with Crippen molar-refractivity contribution < 1.29 is 4.74 Å². The summed E-state index contributed by atoms with van der Waals surface area (Å²) in [6.07, 6.45) is 0. The standard InChI is InChI=1S/C16H15BrN2O/c1-11-3-6-13(7-4-11)20-10-16-18-14-9-12(17)5-8-15(14)19(16)2/h3-9H,10H2,1-2H3. The van der Waals surface area contributed by atoms with Gasteiger partial charge in [-0.25, -0.2) is 4.98 Å². The molecule has 0 spiro atoms. The number of hydrogen-bond acceptors (Lipinski definition) is 2. The predicted molar refractivity (Wildman–Crippen MR) is 83.9 cm³/mol. The largest absolute Gasteiger partial charge is 0.486 e. The summed E-state index contributed by atoms with van der Waals surface area (Å²) in [5, 5.41) is 0. The van der Waals surface area contributed by atoms with Gasteiger partial charge < -0.3 is 9.30 Å². The molecule has 20 heavy (non-hydrogen) atoms. The average Bonchev–Trinajstić information content (AvgIpc) is 2.74. The van der Waals surface area contributed by atoms with E-state index >= 15 is 0 Å². The molecule has 0 aliphatic heterocycles. The van der Waals surface area contributed by atoms with Crippen LogP contribution in [0.4, 0.5) is 0 Å².